The van der Waals surface area contributed by atoms with Gasteiger partial charge >= 0.3 is 0 Å². The minimum Gasteiger partial charge on any atom is -0.333 e. The van der Waals surface area contributed by atoms with Crippen molar-refractivity contribution in [1.82, 2.24) is 23.8 Å². The zero-order chi connectivity index (χ0) is 21.5. The van der Waals surface area contributed by atoms with Crippen LogP contribution in [0.5, 0.6) is 0 Å². The molecule has 9 nitrogen and oxygen atoms in total. The smallest absolute Gasteiger partial charge is 0.259 e. The van der Waals surface area contributed by atoms with Gasteiger partial charge in [0.2, 0.25) is 10.0 Å². The van der Waals surface area contributed by atoms with E-state index in [4.69, 9.17) is 5.26 Å². The lowest BCUT2D eigenvalue weighted by Crippen LogP contribution is -2.55. The molecule has 1 saturated heterocycles. The zero-order valence-electron chi connectivity index (χ0n) is 16.6. The molecule has 0 aliphatic carbocycles. The maximum Gasteiger partial charge on any atom is 0.259 e. The van der Waals surface area contributed by atoms with Gasteiger partial charge in [0.25, 0.3) is 5.91 Å². The van der Waals surface area contributed by atoms with E-state index in [1.54, 1.807) is 36.4 Å². The maximum absolute atomic E-state index is 13.1. The fourth-order valence-corrected chi connectivity index (χ4v) is 5.44. The average molecular weight is 424 g/mol. The quantitative estimate of drug-likeness (QED) is 0.629. The summed E-state index contributed by atoms with van der Waals surface area (Å²) in [7, 11) is -3.73. The third-order valence-corrected chi connectivity index (χ3v) is 7.31. The number of aryl methyl sites for hydroxylation is 1. The summed E-state index contributed by atoms with van der Waals surface area (Å²) in [5.41, 5.74) is 1.80. The highest BCUT2D eigenvalue weighted by Crippen LogP contribution is 2.25. The van der Waals surface area contributed by atoms with Gasteiger partial charge in [0.15, 0.2) is 5.65 Å². The van der Waals surface area contributed by atoms with Gasteiger partial charge in [-0.2, -0.15) is 14.7 Å². The molecule has 1 fully saturated rings. The predicted octanol–water partition coefficient (Wildman–Crippen LogP) is 1.44. The Morgan fingerprint density at radius 3 is 2.80 bits per heavy atom. The number of sulfonamides is 1. The Balaban J connectivity index is 1.55. The Labute approximate surface area is 174 Å². The third kappa shape index (κ3) is 3.32. The number of carbonyl (C=O) groups excluding carboxylic acids is 1. The van der Waals surface area contributed by atoms with Crippen LogP contribution in [0.3, 0.4) is 0 Å². The molecular weight excluding hydrogens is 404 g/mol. The van der Waals surface area contributed by atoms with Crippen molar-refractivity contribution in [2.24, 2.45) is 0 Å². The monoisotopic (exact) mass is 424 g/mol. The van der Waals surface area contributed by atoms with Crippen molar-refractivity contribution in [3.63, 3.8) is 0 Å². The Bertz CT molecular complexity index is 1280. The van der Waals surface area contributed by atoms with Crippen LogP contribution >= 0.6 is 0 Å². The molecule has 0 N–H and O–H groups in total. The normalized spacial score (nSPS) is 17.8. The molecule has 154 valence electrons. The molecule has 0 radical (unpaired) electrons. The van der Waals surface area contributed by atoms with Crippen LogP contribution < -0.4 is 0 Å². The first-order valence-corrected chi connectivity index (χ1v) is 10.9. The molecule has 1 unspecified atom stereocenters. The lowest BCUT2D eigenvalue weighted by atomic mass is 10.1. The highest BCUT2D eigenvalue weighted by molar-refractivity contribution is 7.89. The van der Waals surface area contributed by atoms with Crippen molar-refractivity contribution in [2.75, 3.05) is 19.6 Å². The van der Waals surface area contributed by atoms with E-state index >= 15 is 0 Å². The van der Waals surface area contributed by atoms with Crippen molar-refractivity contribution < 1.29 is 13.2 Å². The third-order valence-electron chi connectivity index (χ3n) is 5.28. The molecule has 1 atom stereocenters. The van der Waals surface area contributed by atoms with Gasteiger partial charge in [-0.1, -0.05) is 0 Å². The summed E-state index contributed by atoms with van der Waals surface area (Å²) < 4.78 is 29.2. The fourth-order valence-electron chi connectivity index (χ4n) is 3.72. The van der Waals surface area contributed by atoms with E-state index in [1.165, 1.54) is 27.2 Å². The topological polar surface area (TPSA) is 112 Å². The number of benzene rings is 1. The lowest BCUT2D eigenvalue weighted by Gasteiger charge is -2.39. The van der Waals surface area contributed by atoms with Gasteiger partial charge in [-0.05, 0) is 43.7 Å². The van der Waals surface area contributed by atoms with E-state index < -0.39 is 10.0 Å². The molecular formula is C20H20N6O3S. The Morgan fingerprint density at radius 1 is 1.30 bits per heavy atom. The predicted molar refractivity (Wildman–Crippen MR) is 108 cm³/mol. The number of nitrogens with zero attached hydrogens (tertiary/aromatic N) is 6. The van der Waals surface area contributed by atoms with Gasteiger partial charge in [-0.15, -0.1) is 0 Å². The molecule has 4 rings (SSSR count). The van der Waals surface area contributed by atoms with Crippen LogP contribution in [0.1, 0.15) is 28.4 Å². The SMILES string of the molecule is Cc1cc(C#N)ccc1S(=O)(=O)N1CCN(C(=O)c2cnn3cccnc23)C(C)C1. The minimum atomic E-state index is -3.73. The fraction of sp³-hybridized carbons (Fsp3) is 0.300. The molecule has 10 heteroatoms. The second-order valence-electron chi connectivity index (χ2n) is 7.25. The molecule has 1 aliphatic rings. The first-order valence-electron chi connectivity index (χ1n) is 9.43. The van der Waals surface area contributed by atoms with Gasteiger partial charge in [-0.25, -0.2) is 17.9 Å². The van der Waals surface area contributed by atoms with Gasteiger partial charge in [-0.3, -0.25) is 4.79 Å². The second kappa shape index (κ2) is 7.51. The van der Waals surface area contributed by atoms with Crippen LogP contribution in [0, 0.1) is 18.3 Å². The number of piperazine rings is 1. The largest absolute Gasteiger partial charge is 0.333 e. The number of fused-ring (bicyclic) bond motifs is 1. The Kier molecular flexibility index (Phi) is 5.01. The van der Waals surface area contributed by atoms with E-state index in [0.29, 0.717) is 22.3 Å². The van der Waals surface area contributed by atoms with Gasteiger partial charge in [0.1, 0.15) is 5.56 Å². The summed E-state index contributed by atoms with van der Waals surface area (Å²) in [6.45, 7) is 4.13. The van der Waals surface area contributed by atoms with Crippen molar-refractivity contribution >= 4 is 21.6 Å². The van der Waals surface area contributed by atoms with Gasteiger partial charge in [0, 0.05) is 38.1 Å². The summed E-state index contributed by atoms with van der Waals surface area (Å²) in [5, 5.41) is 13.2. The first kappa shape index (κ1) is 20.0. The number of nitriles is 1. The zero-order valence-corrected chi connectivity index (χ0v) is 17.4. The highest BCUT2D eigenvalue weighted by atomic mass is 32.2. The van der Waals surface area contributed by atoms with Crippen LogP contribution in [0.4, 0.5) is 0 Å². The number of rotatable bonds is 3. The second-order valence-corrected chi connectivity index (χ2v) is 9.16. The maximum atomic E-state index is 13.1. The molecule has 30 heavy (non-hydrogen) atoms. The summed E-state index contributed by atoms with van der Waals surface area (Å²) >= 11 is 0. The van der Waals surface area contributed by atoms with Gasteiger partial charge in [0.05, 0.1) is 22.7 Å². The van der Waals surface area contributed by atoms with Crippen LogP contribution in [0.2, 0.25) is 0 Å². The van der Waals surface area contributed by atoms with E-state index in [9.17, 15) is 13.2 Å². The van der Waals surface area contributed by atoms with Crippen molar-refractivity contribution in [1.29, 1.82) is 5.26 Å². The van der Waals surface area contributed by atoms with E-state index in [-0.39, 0.29) is 36.5 Å². The van der Waals surface area contributed by atoms with Crippen molar-refractivity contribution in [2.45, 2.75) is 24.8 Å². The number of amides is 1. The molecule has 1 amide bonds. The number of carbonyl (C=O) groups is 1. The van der Waals surface area contributed by atoms with Gasteiger partial charge < -0.3 is 4.90 Å². The molecule has 3 heterocycles. The number of aromatic nitrogens is 3. The lowest BCUT2D eigenvalue weighted by molar-refractivity contribution is 0.0593. The Morgan fingerprint density at radius 2 is 2.10 bits per heavy atom. The van der Waals surface area contributed by atoms with Crippen LogP contribution in [0.25, 0.3) is 5.65 Å². The molecule has 2 aromatic heterocycles. The van der Waals surface area contributed by atoms with E-state index in [1.807, 2.05) is 13.0 Å². The molecule has 1 aliphatic heterocycles. The first-order chi connectivity index (χ1) is 14.3. The van der Waals surface area contributed by atoms with E-state index in [0.717, 1.165) is 0 Å². The standard InChI is InChI=1S/C20H20N6O3S/c1-14-10-16(11-21)4-5-18(14)30(28,29)24-8-9-25(15(2)13-24)20(27)17-12-23-26-7-3-6-22-19(17)26/h3-7,10,12,15H,8-9,13H2,1-2H3. The van der Waals surface area contributed by atoms with Crippen LogP contribution in [-0.4, -0.2) is 63.8 Å². The molecule has 0 saturated carbocycles. The molecule has 3 aromatic rings. The molecule has 1 aromatic carbocycles. The summed E-state index contributed by atoms with van der Waals surface area (Å²) in [5.74, 6) is -0.220. The van der Waals surface area contributed by atoms with Crippen molar-refractivity contribution in [3.05, 3.63) is 59.5 Å². The minimum absolute atomic E-state index is 0.181. The highest BCUT2D eigenvalue weighted by Gasteiger charge is 2.36. The van der Waals surface area contributed by atoms with Crippen LogP contribution in [-0.2, 0) is 10.0 Å². The van der Waals surface area contributed by atoms with E-state index in [2.05, 4.69) is 10.1 Å². The average Bonchev–Trinajstić information content (AvgIpc) is 3.17. The summed E-state index contributed by atoms with van der Waals surface area (Å²) in [4.78, 5) is 19.1. The number of hydrogen-bond acceptors (Lipinski definition) is 6. The summed E-state index contributed by atoms with van der Waals surface area (Å²) in [6, 6.07) is 7.95. The van der Waals surface area contributed by atoms with Crippen molar-refractivity contribution in [3.8, 4) is 6.07 Å². The number of hydrogen-bond donors (Lipinski definition) is 0. The Hall–Kier alpha value is -3.29. The summed E-state index contributed by atoms with van der Waals surface area (Å²) in [6.07, 6.45) is 4.80. The molecule has 0 bridgehead atoms. The van der Waals surface area contributed by atoms with Crippen LogP contribution in [0.15, 0.2) is 47.8 Å². The molecule has 0 spiro atoms.